The summed E-state index contributed by atoms with van der Waals surface area (Å²) in [6.07, 6.45) is 0. The van der Waals surface area contributed by atoms with Gasteiger partial charge in [0.05, 0.1) is 6.54 Å². The van der Waals surface area contributed by atoms with Gasteiger partial charge in [-0.15, -0.1) is 12.4 Å². The molecule has 0 spiro atoms. The van der Waals surface area contributed by atoms with Gasteiger partial charge in [-0.1, -0.05) is 30.3 Å². The quantitative estimate of drug-likeness (QED) is 0.815. The summed E-state index contributed by atoms with van der Waals surface area (Å²) in [5.41, 5.74) is 1.92. The van der Waals surface area contributed by atoms with Crippen LogP contribution in [0.15, 0.2) is 54.6 Å². The highest BCUT2D eigenvalue weighted by atomic mass is 35.5. The summed E-state index contributed by atoms with van der Waals surface area (Å²) in [6.45, 7) is 5.87. The van der Waals surface area contributed by atoms with E-state index in [4.69, 9.17) is 4.74 Å². The largest absolute Gasteiger partial charge is 0.489 e. The van der Waals surface area contributed by atoms with Gasteiger partial charge in [0.25, 0.3) is 0 Å². The van der Waals surface area contributed by atoms with E-state index in [2.05, 4.69) is 22.5 Å². The highest BCUT2D eigenvalue weighted by Crippen LogP contribution is 2.17. The molecule has 2 aromatic rings. The first kappa shape index (κ1) is 20.2. The van der Waals surface area contributed by atoms with E-state index in [9.17, 15) is 4.79 Å². The van der Waals surface area contributed by atoms with Gasteiger partial charge in [0.15, 0.2) is 0 Å². The van der Waals surface area contributed by atoms with Gasteiger partial charge in [-0.05, 0) is 36.8 Å². The summed E-state index contributed by atoms with van der Waals surface area (Å²) >= 11 is 0. The van der Waals surface area contributed by atoms with Crippen molar-refractivity contribution in [3.8, 4) is 5.75 Å². The van der Waals surface area contributed by atoms with Gasteiger partial charge >= 0.3 is 0 Å². The van der Waals surface area contributed by atoms with Crippen molar-refractivity contribution >= 4 is 24.0 Å². The van der Waals surface area contributed by atoms with Crippen molar-refractivity contribution in [2.75, 3.05) is 31.5 Å². The fourth-order valence-corrected chi connectivity index (χ4v) is 2.88. The maximum atomic E-state index is 12.2. The molecule has 2 N–H and O–H groups in total. The molecule has 26 heavy (non-hydrogen) atoms. The van der Waals surface area contributed by atoms with Crippen molar-refractivity contribution in [1.82, 2.24) is 10.2 Å². The first-order chi connectivity index (χ1) is 12.2. The van der Waals surface area contributed by atoms with E-state index < -0.39 is 0 Å². The van der Waals surface area contributed by atoms with Crippen LogP contribution in [0.2, 0.25) is 0 Å². The zero-order chi connectivity index (χ0) is 17.5. The Morgan fingerprint density at radius 3 is 2.62 bits per heavy atom. The molecule has 0 saturated carbocycles. The summed E-state index contributed by atoms with van der Waals surface area (Å²) in [5, 5.41) is 6.28. The summed E-state index contributed by atoms with van der Waals surface area (Å²) in [4.78, 5) is 14.4. The van der Waals surface area contributed by atoms with Crippen LogP contribution in [0.25, 0.3) is 0 Å². The molecular weight excluding hydrogens is 350 g/mol. The topological polar surface area (TPSA) is 53.6 Å². The third-order valence-corrected chi connectivity index (χ3v) is 4.37. The maximum absolute atomic E-state index is 12.2. The van der Waals surface area contributed by atoms with Crippen molar-refractivity contribution in [3.63, 3.8) is 0 Å². The number of carbonyl (C=O) groups is 1. The van der Waals surface area contributed by atoms with E-state index >= 15 is 0 Å². The highest BCUT2D eigenvalue weighted by Gasteiger charge is 2.20. The molecule has 5 nitrogen and oxygen atoms in total. The minimum absolute atomic E-state index is 0. The summed E-state index contributed by atoms with van der Waals surface area (Å²) < 4.78 is 5.76. The molecule has 1 heterocycles. The number of anilines is 1. The van der Waals surface area contributed by atoms with E-state index in [1.807, 2.05) is 54.6 Å². The monoisotopic (exact) mass is 375 g/mol. The van der Waals surface area contributed by atoms with E-state index in [0.717, 1.165) is 36.6 Å². The average molecular weight is 376 g/mol. The van der Waals surface area contributed by atoms with Gasteiger partial charge in [-0.3, -0.25) is 9.69 Å². The zero-order valence-electron chi connectivity index (χ0n) is 15.0. The molecule has 3 rings (SSSR count). The fraction of sp³-hybridized carbons (Fsp3) is 0.350. The Bertz CT molecular complexity index is 679. The molecule has 6 heteroatoms. The lowest BCUT2D eigenvalue weighted by molar-refractivity contribution is -0.118. The van der Waals surface area contributed by atoms with E-state index in [0.29, 0.717) is 19.2 Å². The molecular formula is C20H26ClN3O2. The number of amides is 1. The number of piperazine rings is 1. The van der Waals surface area contributed by atoms with Crippen molar-refractivity contribution in [3.05, 3.63) is 60.2 Å². The lowest BCUT2D eigenvalue weighted by Crippen LogP contribution is -2.51. The highest BCUT2D eigenvalue weighted by molar-refractivity contribution is 5.92. The smallest absolute Gasteiger partial charge is 0.238 e. The SMILES string of the molecule is C[C@H]1CNCCN1CC(=O)Nc1ccc(OCc2ccccc2)cc1.Cl. The lowest BCUT2D eigenvalue weighted by atomic mass is 10.2. The summed E-state index contributed by atoms with van der Waals surface area (Å²) in [7, 11) is 0. The van der Waals surface area contributed by atoms with Crippen molar-refractivity contribution in [2.45, 2.75) is 19.6 Å². The van der Waals surface area contributed by atoms with E-state index in [-0.39, 0.29) is 18.3 Å². The average Bonchev–Trinajstić information content (AvgIpc) is 2.64. The molecule has 0 bridgehead atoms. The fourth-order valence-electron chi connectivity index (χ4n) is 2.88. The van der Waals surface area contributed by atoms with Gasteiger partial charge in [0.1, 0.15) is 12.4 Å². The number of nitrogens with one attached hydrogen (secondary N) is 2. The van der Waals surface area contributed by atoms with Crippen LogP contribution in [0.5, 0.6) is 5.75 Å². The molecule has 0 unspecified atom stereocenters. The van der Waals surface area contributed by atoms with Gasteiger partial charge in [-0.2, -0.15) is 0 Å². The Labute approximate surface area is 161 Å². The van der Waals surface area contributed by atoms with Crippen molar-refractivity contribution in [1.29, 1.82) is 0 Å². The standard InChI is InChI=1S/C20H25N3O2.ClH/c1-16-13-21-11-12-23(16)14-20(24)22-18-7-9-19(10-8-18)25-15-17-5-3-2-4-6-17;/h2-10,16,21H,11-15H2,1H3,(H,22,24);1H/t16-;/m0./s1. The molecule has 0 radical (unpaired) electrons. The van der Waals surface area contributed by atoms with Crippen molar-refractivity contribution in [2.24, 2.45) is 0 Å². The second-order valence-corrected chi connectivity index (χ2v) is 6.37. The number of hydrogen-bond acceptors (Lipinski definition) is 4. The summed E-state index contributed by atoms with van der Waals surface area (Å²) in [5.74, 6) is 0.810. The second kappa shape index (κ2) is 10.2. The number of ether oxygens (including phenoxy) is 1. The number of hydrogen-bond donors (Lipinski definition) is 2. The number of halogens is 1. The van der Waals surface area contributed by atoms with Crippen LogP contribution in [0, 0.1) is 0 Å². The minimum atomic E-state index is 0. The zero-order valence-corrected chi connectivity index (χ0v) is 15.8. The Kier molecular flexibility index (Phi) is 7.91. The van der Waals surface area contributed by atoms with Crippen LogP contribution in [-0.4, -0.2) is 43.0 Å². The van der Waals surface area contributed by atoms with Crippen LogP contribution < -0.4 is 15.4 Å². The summed E-state index contributed by atoms with van der Waals surface area (Å²) in [6, 6.07) is 17.9. The molecule has 0 aromatic heterocycles. The van der Waals surface area contributed by atoms with Crippen LogP contribution in [-0.2, 0) is 11.4 Å². The normalized spacial score (nSPS) is 17.2. The number of rotatable bonds is 6. The van der Waals surface area contributed by atoms with E-state index in [1.165, 1.54) is 0 Å². The van der Waals surface area contributed by atoms with Gasteiger partial charge < -0.3 is 15.4 Å². The first-order valence-corrected chi connectivity index (χ1v) is 8.72. The molecule has 2 aromatic carbocycles. The van der Waals surface area contributed by atoms with Crippen LogP contribution in [0.4, 0.5) is 5.69 Å². The molecule has 1 saturated heterocycles. The Morgan fingerprint density at radius 1 is 1.19 bits per heavy atom. The Morgan fingerprint density at radius 2 is 1.92 bits per heavy atom. The van der Waals surface area contributed by atoms with E-state index in [1.54, 1.807) is 0 Å². The molecule has 1 atom stereocenters. The number of benzene rings is 2. The molecule has 1 aliphatic heterocycles. The second-order valence-electron chi connectivity index (χ2n) is 6.37. The number of nitrogens with zero attached hydrogens (tertiary/aromatic N) is 1. The van der Waals surface area contributed by atoms with Gasteiger partial charge in [0, 0.05) is 31.4 Å². The Balaban J connectivity index is 0.00000243. The third kappa shape index (κ3) is 6.02. The van der Waals surface area contributed by atoms with Crippen LogP contribution in [0.1, 0.15) is 12.5 Å². The predicted octanol–water partition coefficient (Wildman–Crippen LogP) is 2.92. The predicted molar refractivity (Wildman–Crippen MR) is 107 cm³/mol. The van der Waals surface area contributed by atoms with Crippen LogP contribution in [0.3, 0.4) is 0 Å². The van der Waals surface area contributed by atoms with Gasteiger partial charge in [-0.25, -0.2) is 0 Å². The molecule has 140 valence electrons. The number of carbonyl (C=O) groups excluding carboxylic acids is 1. The molecule has 0 aliphatic carbocycles. The van der Waals surface area contributed by atoms with Crippen LogP contribution >= 0.6 is 12.4 Å². The van der Waals surface area contributed by atoms with Gasteiger partial charge in [0.2, 0.25) is 5.91 Å². The molecule has 1 fully saturated rings. The Hall–Kier alpha value is -2.08. The third-order valence-electron chi connectivity index (χ3n) is 4.37. The minimum Gasteiger partial charge on any atom is -0.489 e. The first-order valence-electron chi connectivity index (χ1n) is 8.72. The lowest BCUT2D eigenvalue weighted by Gasteiger charge is -2.33. The molecule has 1 amide bonds. The maximum Gasteiger partial charge on any atom is 0.238 e. The van der Waals surface area contributed by atoms with Crippen molar-refractivity contribution < 1.29 is 9.53 Å². The molecule has 1 aliphatic rings.